The van der Waals surface area contributed by atoms with E-state index in [9.17, 15) is 0 Å². The van der Waals surface area contributed by atoms with Crippen LogP contribution in [0.2, 0.25) is 0 Å². The van der Waals surface area contributed by atoms with Crippen LogP contribution in [0.4, 0.5) is 0 Å². The SMILES string of the molecule is CC(C)Cc1ccc(-c2ccc([C@H](CC(C)C)C(C)C)cc2)cc1. The normalized spacial score (nSPS) is 13.0. The molecule has 2 aromatic rings. The van der Waals surface area contributed by atoms with Gasteiger partial charge in [-0.2, -0.15) is 0 Å². The zero-order valence-corrected chi connectivity index (χ0v) is 16.3. The van der Waals surface area contributed by atoms with Gasteiger partial charge in [-0.15, -0.1) is 0 Å². The lowest BCUT2D eigenvalue weighted by molar-refractivity contribution is 0.408. The molecule has 1 atom stereocenters. The molecule has 0 spiro atoms. The fourth-order valence-electron chi connectivity index (χ4n) is 3.53. The third-order valence-corrected chi connectivity index (χ3v) is 4.80. The predicted octanol–water partition coefficient (Wildman–Crippen LogP) is 7.34. The van der Waals surface area contributed by atoms with Crippen molar-refractivity contribution in [2.24, 2.45) is 17.8 Å². The van der Waals surface area contributed by atoms with Crippen molar-refractivity contribution in [2.45, 2.75) is 60.3 Å². The molecule has 2 rings (SSSR count). The van der Waals surface area contributed by atoms with Crippen molar-refractivity contribution in [3.63, 3.8) is 0 Å². The summed E-state index contributed by atoms with van der Waals surface area (Å²) in [7, 11) is 0. The highest BCUT2D eigenvalue weighted by Crippen LogP contribution is 2.32. The Morgan fingerprint density at radius 2 is 1.12 bits per heavy atom. The lowest BCUT2D eigenvalue weighted by atomic mass is 9.82. The fourth-order valence-corrected chi connectivity index (χ4v) is 3.53. The Morgan fingerprint density at radius 3 is 1.54 bits per heavy atom. The van der Waals surface area contributed by atoms with Gasteiger partial charge in [-0.25, -0.2) is 0 Å². The Balaban J connectivity index is 2.16. The molecule has 0 aliphatic rings. The van der Waals surface area contributed by atoms with E-state index < -0.39 is 0 Å². The van der Waals surface area contributed by atoms with Crippen molar-refractivity contribution in [1.29, 1.82) is 0 Å². The lowest BCUT2D eigenvalue weighted by Crippen LogP contribution is -2.09. The van der Waals surface area contributed by atoms with E-state index in [2.05, 4.69) is 90.1 Å². The second-order valence-corrected chi connectivity index (χ2v) is 8.40. The van der Waals surface area contributed by atoms with Crippen LogP contribution in [0.5, 0.6) is 0 Å². The topological polar surface area (TPSA) is 0 Å². The molecule has 0 heterocycles. The van der Waals surface area contributed by atoms with Crippen LogP contribution in [0.3, 0.4) is 0 Å². The molecule has 24 heavy (non-hydrogen) atoms. The van der Waals surface area contributed by atoms with Crippen molar-refractivity contribution in [1.82, 2.24) is 0 Å². The smallest absolute Gasteiger partial charge is 0.0136 e. The number of benzene rings is 2. The first-order valence-corrected chi connectivity index (χ1v) is 9.56. The van der Waals surface area contributed by atoms with Crippen molar-refractivity contribution >= 4 is 0 Å². The van der Waals surface area contributed by atoms with E-state index in [0.717, 1.165) is 12.3 Å². The van der Waals surface area contributed by atoms with Gasteiger partial charge in [0.25, 0.3) is 0 Å². The maximum absolute atomic E-state index is 2.34. The summed E-state index contributed by atoms with van der Waals surface area (Å²) in [6.07, 6.45) is 2.42. The largest absolute Gasteiger partial charge is 0.0628 e. The van der Waals surface area contributed by atoms with Crippen LogP contribution in [0, 0.1) is 17.8 Å². The third-order valence-electron chi connectivity index (χ3n) is 4.80. The Kier molecular flexibility index (Phi) is 6.66. The minimum absolute atomic E-state index is 0.660. The molecule has 0 unspecified atom stereocenters. The molecule has 0 heteroatoms. The number of hydrogen-bond donors (Lipinski definition) is 0. The van der Waals surface area contributed by atoms with E-state index in [1.165, 1.54) is 28.7 Å². The van der Waals surface area contributed by atoms with Crippen LogP contribution in [0.15, 0.2) is 48.5 Å². The van der Waals surface area contributed by atoms with Gasteiger partial charge >= 0.3 is 0 Å². The Hall–Kier alpha value is -1.56. The summed E-state index contributed by atoms with van der Waals surface area (Å²) in [6.45, 7) is 13.9. The molecule has 2 aromatic carbocycles. The van der Waals surface area contributed by atoms with Gasteiger partial charge in [0, 0.05) is 0 Å². The molecule has 0 bridgehead atoms. The summed E-state index contributed by atoms with van der Waals surface area (Å²) in [5.41, 5.74) is 5.56. The molecular formula is C24H34. The van der Waals surface area contributed by atoms with E-state index >= 15 is 0 Å². The highest BCUT2D eigenvalue weighted by atomic mass is 14.2. The van der Waals surface area contributed by atoms with Crippen LogP contribution in [0.1, 0.15) is 65.0 Å². The minimum atomic E-state index is 0.660. The summed E-state index contributed by atoms with van der Waals surface area (Å²) in [5, 5.41) is 0. The molecule has 0 amide bonds. The van der Waals surface area contributed by atoms with Crippen LogP contribution < -0.4 is 0 Å². The van der Waals surface area contributed by atoms with E-state index in [-0.39, 0.29) is 0 Å². The summed E-state index contributed by atoms with van der Waals surface area (Å²) >= 11 is 0. The van der Waals surface area contributed by atoms with E-state index in [4.69, 9.17) is 0 Å². The van der Waals surface area contributed by atoms with Crippen molar-refractivity contribution < 1.29 is 0 Å². The highest BCUT2D eigenvalue weighted by Gasteiger charge is 2.17. The van der Waals surface area contributed by atoms with E-state index in [0.29, 0.717) is 17.8 Å². The molecule has 130 valence electrons. The van der Waals surface area contributed by atoms with Gasteiger partial charge in [-0.05, 0) is 58.8 Å². The van der Waals surface area contributed by atoms with Crippen molar-refractivity contribution in [3.8, 4) is 11.1 Å². The zero-order valence-electron chi connectivity index (χ0n) is 16.3. The van der Waals surface area contributed by atoms with E-state index in [1.54, 1.807) is 0 Å². The Labute approximate surface area is 149 Å². The quantitative estimate of drug-likeness (QED) is 0.500. The van der Waals surface area contributed by atoms with Crippen LogP contribution in [0.25, 0.3) is 11.1 Å². The summed E-state index contributed by atoms with van der Waals surface area (Å²) < 4.78 is 0. The average Bonchev–Trinajstić information content (AvgIpc) is 2.53. The van der Waals surface area contributed by atoms with Crippen LogP contribution in [-0.4, -0.2) is 0 Å². The lowest BCUT2D eigenvalue weighted by Gasteiger charge is -2.23. The fraction of sp³-hybridized carbons (Fsp3) is 0.500. The summed E-state index contributed by atoms with van der Waals surface area (Å²) in [5.74, 6) is 2.80. The molecular weight excluding hydrogens is 288 g/mol. The number of hydrogen-bond acceptors (Lipinski definition) is 0. The molecule has 0 aliphatic carbocycles. The van der Waals surface area contributed by atoms with Gasteiger partial charge in [0.15, 0.2) is 0 Å². The van der Waals surface area contributed by atoms with Gasteiger partial charge < -0.3 is 0 Å². The zero-order chi connectivity index (χ0) is 17.7. The summed E-state index contributed by atoms with van der Waals surface area (Å²) in [4.78, 5) is 0. The van der Waals surface area contributed by atoms with Gasteiger partial charge in [0.05, 0.1) is 0 Å². The van der Waals surface area contributed by atoms with Crippen LogP contribution in [-0.2, 0) is 6.42 Å². The molecule has 0 fully saturated rings. The summed E-state index contributed by atoms with van der Waals surface area (Å²) in [6, 6.07) is 18.3. The predicted molar refractivity (Wildman–Crippen MR) is 107 cm³/mol. The average molecular weight is 323 g/mol. The molecule has 0 aromatic heterocycles. The Morgan fingerprint density at radius 1 is 0.625 bits per heavy atom. The minimum Gasteiger partial charge on any atom is -0.0628 e. The Bertz CT molecular complexity index is 599. The highest BCUT2D eigenvalue weighted by molar-refractivity contribution is 5.64. The van der Waals surface area contributed by atoms with Gasteiger partial charge in [0.2, 0.25) is 0 Å². The maximum Gasteiger partial charge on any atom is -0.0136 e. The van der Waals surface area contributed by atoms with Gasteiger partial charge in [-0.1, -0.05) is 90.1 Å². The van der Waals surface area contributed by atoms with Crippen LogP contribution >= 0.6 is 0 Å². The maximum atomic E-state index is 2.34. The monoisotopic (exact) mass is 322 g/mol. The first-order valence-electron chi connectivity index (χ1n) is 9.56. The molecule has 0 nitrogen and oxygen atoms in total. The molecule has 0 aliphatic heterocycles. The van der Waals surface area contributed by atoms with Gasteiger partial charge in [0.1, 0.15) is 0 Å². The third kappa shape index (κ3) is 5.23. The second kappa shape index (κ2) is 8.51. The molecule has 0 saturated carbocycles. The molecule has 0 saturated heterocycles. The standard InChI is InChI=1S/C24H34/c1-17(2)15-20-7-9-21(10-8-20)22-11-13-23(14-12-22)24(19(5)6)16-18(3)4/h7-14,17-19,24H,15-16H2,1-6H3/t24-/m1/s1. The van der Waals surface area contributed by atoms with Gasteiger partial charge in [-0.3, -0.25) is 0 Å². The van der Waals surface area contributed by atoms with E-state index in [1.807, 2.05) is 0 Å². The number of rotatable bonds is 7. The molecule has 0 N–H and O–H groups in total. The van der Waals surface area contributed by atoms with Crippen molar-refractivity contribution in [3.05, 3.63) is 59.7 Å². The van der Waals surface area contributed by atoms with Crippen molar-refractivity contribution in [2.75, 3.05) is 0 Å². The first-order chi connectivity index (χ1) is 11.4. The second-order valence-electron chi connectivity index (χ2n) is 8.40. The molecule has 0 radical (unpaired) electrons. The first kappa shape index (κ1) is 18.8.